The van der Waals surface area contributed by atoms with Crippen LogP contribution in [-0.4, -0.2) is 30.1 Å². The summed E-state index contributed by atoms with van der Waals surface area (Å²) in [6, 6.07) is 22.6. The lowest BCUT2D eigenvalue weighted by Crippen LogP contribution is -2.13. The van der Waals surface area contributed by atoms with Crippen LogP contribution in [0.3, 0.4) is 0 Å². The van der Waals surface area contributed by atoms with Crippen LogP contribution in [0, 0.1) is 0 Å². The van der Waals surface area contributed by atoms with Crippen molar-refractivity contribution >= 4 is 45.2 Å². The average molecular weight is 493 g/mol. The van der Waals surface area contributed by atoms with Crippen molar-refractivity contribution in [2.45, 2.75) is 0 Å². The smallest absolute Gasteiger partial charge is 0.256 e. The molecule has 6 rings (SSSR count). The summed E-state index contributed by atoms with van der Waals surface area (Å²) in [5, 5.41) is 11.2. The number of carbonyl (C=O) groups excluding carboxylic acids is 1. The van der Waals surface area contributed by atoms with Crippen LogP contribution in [0.5, 0.6) is 0 Å². The van der Waals surface area contributed by atoms with E-state index in [2.05, 4.69) is 25.7 Å². The zero-order valence-corrected chi connectivity index (χ0v) is 19.7. The molecule has 0 aliphatic rings. The summed E-state index contributed by atoms with van der Waals surface area (Å²) in [5.41, 5.74) is 10.4. The normalized spacial score (nSPS) is 11.0. The number of anilines is 4. The minimum Gasteiger partial charge on any atom is -0.394 e. The van der Waals surface area contributed by atoms with Crippen LogP contribution in [0.25, 0.3) is 21.9 Å². The van der Waals surface area contributed by atoms with Crippen LogP contribution in [0.1, 0.15) is 10.4 Å². The summed E-state index contributed by atoms with van der Waals surface area (Å²) in [5.74, 6) is -0.00552. The molecule has 36 heavy (non-hydrogen) atoms. The molecule has 0 saturated heterocycles. The fourth-order valence-corrected chi connectivity index (χ4v) is 4.65. The maximum atomic E-state index is 12.9. The van der Waals surface area contributed by atoms with Gasteiger partial charge in [0.1, 0.15) is 5.65 Å². The standard InChI is InChI=1S/C26H20N8OS/c27-20-16-34(19-9-2-1-3-10-19)32-24(20)31-25(35)17-7-6-8-18(13-17)30-26-29-15-22(36-26)21-14-28-23-11-4-5-12-33(21)23/h1-16H,27H2,(H,29,30)(H,31,32,35). The molecule has 0 unspecified atom stereocenters. The van der Waals surface area contributed by atoms with Gasteiger partial charge in [-0.05, 0) is 42.5 Å². The predicted octanol–water partition coefficient (Wildman–Crippen LogP) is 5.22. The van der Waals surface area contributed by atoms with E-state index < -0.39 is 0 Å². The number of imidazole rings is 1. The van der Waals surface area contributed by atoms with Gasteiger partial charge in [-0.2, -0.15) is 0 Å². The third-order valence-electron chi connectivity index (χ3n) is 5.55. The Kier molecular flexibility index (Phi) is 5.39. The van der Waals surface area contributed by atoms with E-state index in [9.17, 15) is 4.79 Å². The molecule has 4 aromatic heterocycles. The lowest BCUT2D eigenvalue weighted by molar-refractivity contribution is 0.102. The van der Waals surface area contributed by atoms with Crippen molar-refractivity contribution in [2.75, 3.05) is 16.4 Å². The Balaban J connectivity index is 1.18. The lowest BCUT2D eigenvalue weighted by atomic mass is 10.2. The fraction of sp³-hybridized carbons (Fsp3) is 0. The van der Waals surface area contributed by atoms with Crippen molar-refractivity contribution in [2.24, 2.45) is 0 Å². The van der Waals surface area contributed by atoms with Gasteiger partial charge in [-0.1, -0.05) is 41.7 Å². The summed E-state index contributed by atoms with van der Waals surface area (Å²) in [4.78, 5) is 22.9. The maximum absolute atomic E-state index is 12.9. The number of nitrogens with one attached hydrogen (secondary N) is 2. The number of para-hydroxylation sites is 1. The third kappa shape index (κ3) is 4.17. The Morgan fingerprint density at radius 2 is 1.81 bits per heavy atom. The van der Waals surface area contributed by atoms with Gasteiger partial charge in [-0.25, -0.2) is 14.6 Å². The zero-order chi connectivity index (χ0) is 24.5. The van der Waals surface area contributed by atoms with Crippen molar-refractivity contribution < 1.29 is 4.79 Å². The number of amides is 1. The lowest BCUT2D eigenvalue weighted by Gasteiger charge is -2.07. The van der Waals surface area contributed by atoms with E-state index in [1.165, 1.54) is 11.3 Å². The van der Waals surface area contributed by atoms with Gasteiger partial charge in [0.15, 0.2) is 10.9 Å². The summed E-state index contributed by atoms with van der Waals surface area (Å²) < 4.78 is 3.65. The molecule has 0 atom stereocenters. The number of rotatable bonds is 6. The summed E-state index contributed by atoms with van der Waals surface area (Å²) >= 11 is 1.51. The number of nitrogens with two attached hydrogens (primary N) is 1. The molecule has 0 spiro atoms. The van der Waals surface area contributed by atoms with Crippen LogP contribution in [0.15, 0.2) is 97.6 Å². The number of pyridine rings is 1. The molecule has 0 aliphatic heterocycles. The third-order valence-corrected chi connectivity index (χ3v) is 6.48. The second-order valence-corrected chi connectivity index (χ2v) is 9.01. The molecule has 0 radical (unpaired) electrons. The van der Waals surface area contributed by atoms with Crippen molar-refractivity contribution in [3.63, 3.8) is 0 Å². The highest BCUT2D eigenvalue weighted by Gasteiger charge is 2.14. The monoisotopic (exact) mass is 492 g/mol. The molecule has 6 aromatic rings. The summed E-state index contributed by atoms with van der Waals surface area (Å²) in [6.07, 6.45) is 7.29. The average Bonchev–Trinajstić information content (AvgIpc) is 3.63. The second kappa shape index (κ2) is 9.01. The number of carbonyl (C=O) groups is 1. The van der Waals surface area contributed by atoms with Crippen LogP contribution < -0.4 is 16.4 Å². The molecule has 2 aromatic carbocycles. The fourth-order valence-electron chi connectivity index (χ4n) is 3.80. The molecular weight excluding hydrogens is 472 g/mol. The molecule has 0 aliphatic carbocycles. The van der Waals surface area contributed by atoms with E-state index in [1.807, 2.05) is 83.7 Å². The van der Waals surface area contributed by atoms with Crippen LogP contribution >= 0.6 is 11.3 Å². The van der Waals surface area contributed by atoms with Gasteiger partial charge in [-0.15, -0.1) is 5.10 Å². The molecule has 4 heterocycles. The minimum atomic E-state index is -0.311. The highest BCUT2D eigenvalue weighted by molar-refractivity contribution is 7.18. The van der Waals surface area contributed by atoms with Gasteiger partial charge in [-0.3, -0.25) is 9.20 Å². The Hall–Kier alpha value is -4.96. The largest absolute Gasteiger partial charge is 0.394 e. The van der Waals surface area contributed by atoms with E-state index in [-0.39, 0.29) is 5.91 Å². The number of hydrogen-bond donors (Lipinski definition) is 3. The summed E-state index contributed by atoms with van der Waals surface area (Å²) in [7, 11) is 0. The van der Waals surface area contributed by atoms with Gasteiger partial charge in [0, 0.05) is 23.6 Å². The van der Waals surface area contributed by atoms with Crippen LogP contribution in [0.2, 0.25) is 0 Å². The molecule has 9 nitrogen and oxygen atoms in total. The zero-order valence-electron chi connectivity index (χ0n) is 18.9. The predicted molar refractivity (Wildman–Crippen MR) is 142 cm³/mol. The topological polar surface area (TPSA) is 115 Å². The Morgan fingerprint density at radius 1 is 0.944 bits per heavy atom. The molecule has 0 bridgehead atoms. The molecule has 1 amide bonds. The van der Waals surface area contributed by atoms with Crippen molar-refractivity contribution in [3.05, 3.63) is 103 Å². The number of hydrogen-bond acceptors (Lipinski definition) is 7. The van der Waals surface area contributed by atoms with E-state index in [1.54, 1.807) is 23.0 Å². The number of nitrogen functional groups attached to an aromatic ring is 1. The number of nitrogens with zero attached hydrogens (tertiary/aromatic N) is 5. The SMILES string of the molecule is Nc1cn(-c2ccccc2)nc1NC(=O)c1cccc(Nc2ncc(-c3cnc4ccccn34)s2)c1. The van der Waals surface area contributed by atoms with Gasteiger partial charge >= 0.3 is 0 Å². The first-order chi connectivity index (χ1) is 17.6. The molecule has 0 fully saturated rings. The highest BCUT2D eigenvalue weighted by Crippen LogP contribution is 2.31. The maximum Gasteiger partial charge on any atom is 0.256 e. The van der Waals surface area contributed by atoms with Gasteiger partial charge in [0.05, 0.1) is 34.3 Å². The number of fused-ring (bicyclic) bond motifs is 1. The van der Waals surface area contributed by atoms with Crippen molar-refractivity contribution in [1.82, 2.24) is 24.1 Å². The van der Waals surface area contributed by atoms with E-state index in [0.717, 1.165) is 27.6 Å². The molecular formula is C26H20N8OS. The number of thiazole rings is 1. The van der Waals surface area contributed by atoms with Crippen LogP contribution in [0.4, 0.5) is 22.3 Å². The van der Waals surface area contributed by atoms with Crippen LogP contribution in [-0.2, 0) is 0 Å². The molecule has 176 valence electrons. The Bertz CT molecular complexity index is 1680. The first kappa shape index (κ1) is 21.6. The minimum absolute atomic E-state index is 0.305. The van der Waals surface area contributed by atoms with E-state index in [4.69, 9.17) is 5.73 Å². The number of benzene rings is 2. The highest BCUT2D eigenvalue weighted by atomic mass is 32.1. The van der Waals surface area contributed by atoms with E-state index in [0.29, 0.717) is 22.2 Å². The second-order valence-electron chi connectivity index (χ2n) is 7.98. The van der Waals surface area contributed by atoms with Crippen molar-refractivity contribution in [3.8, 4) is 16.3 Å². The van der Waals surface area contributed by atoms with E-state index >= 15 is 0 Å². The first-order valence-corrected chi connectivity index (χ1v) is 11.9. The molecule has 10 heteroatoms. The number of aromatic nitrogens is 5. The van der Waals surface area contributed by atoms with Gasteiger partial charge in [0.25, 0.3) is 5.91 Å². The molecule has 4 N–H and O–H groups in total. The van der Waals surface area contributed by atoms with Gasteiger partial charge in [0.2, 0.25) is 0 Å². The summed E-state index contributed by atoms with van der Waals surface area (Å²) in [6.45, 7) is 0. The Morgan fingerprint density at radius 3 is 2.69 bits per heavy atom. The Labute approximate surface area is 209 Å². The molecule has 0 saturated carbocycles. The van der Waals surface area contributed by atoms with Gasteiger partial charge < -0.3 is 16.4 Å². The van der Waals surface area contributed by atoms with Crippen molar-refractivity contribution in [1.29, 1.82) is 0 Å². The quantitative estimate of drug-likeness (QED) is 0.294. The first-order valence-electron chi connectivity index (χ1n) is 11.1.